The molecule has 0 amide bonds. The van der Waals surface area contributed by atoms with Crippen LogP contribution in [0.1, 0.15) is 18.1 Å². The van der Waals surface area contributed by atoms with E-state index in [2.05, 4.69) is 46.4 Å². The summed E-state index contributed by atoms with van der Waals surface area (Å²) >= 11 is 9.71. The number of nitrogens with one attached hydrogen (secondary N) is 1. The van der Waals surface area contributed by atoms with Crippen LogP contribution in [0.4, 0.5) is 0 Å². The zero-order chi connectivity index (χ0) is 15.3. The minimum atomic E-state index is -0.282. The highest BCUT2D eigenvalue weighted by molar-refractivity contribution is 9.10. The van der Waals surface area contributed by atoms with E-state index in [9.17, 15) is 0 Å². The van der Waals surface area contributed by atoms with Crippen molar-refractivity contribution in [1.29, 1.82) is 0 Å². The molecular formula is C17H19BrClNO. The molecule has 0 heterocycles. The minimum Gasteiger partial charge on any atom is -0.496 e. The van der Waals surface area contributed by atoms with E-state index in [1.807, 2.05) is 30.3 Å². The molecule has 0 saturated heterocycles. The maximum absolute atomic E-state index is 6.21. The second-order valence-electron chi connectivity index (χ2n) is 5.14. The molecule has 2 aromatic carbocycles. The Labute approximate surface area is 139 Å². The van der Waals surface area contributed by atoms with E-state index in [-0.39, 0.29) is 5.54 Å². The molecule has 21 heavy (non-hydrogen) atoms. The Morgan fingerprint density at radius 2 is 1.90 bits per heavy atom. The van der Waals surface area contributed by atoms with Crippen LogP contribution in [-0.2, 0) is 12.1 Å². The molecule has 0 aromatic heterocycles. The lowest BCUT2D eigenvalue weighted by Crippen LogP contribution is -2.40. The van der Waals surface area contributed by atoms with Crippen molar-refractivity contribution < 1.29 is 4.74 Å². The van der Waals surface area contributed by atoms with Crippen molar-refractivity contribution >= 4 is 27.5 Å². The molecule has 2 aromatic rings. The summed E-state index contributed by atoms with van der Waals surface area (Å²) in [5.41, 5.74) is 1.99. The second-order valence-corrected chi connectivity index (χ2v) is 6.32. The largest absolute Gasteiger partial charge is 0.496 e. The van der Waals surface area contributed by atoms with Crippen LogP contribution in [0, 0.1) is 0 Å². The average molecular weight is 369 g/mol. The normalized spacial score (nSPS) is 13.7. The summed E-state index contributed by atoms with van der Waals surface area (Å²) in [7, 11) is 1.69. The number of benzene rings is 2. The van der Waals surface area contributed by atoms with Gasteiger partial charge >= 0.3 is 0 Å². The first-order valence-electron chi connectivity index (χ1n) is 6.78. The van der Waals surface area contributed by atoms with Crippen LogP contribution in [0.25, 0.3) is 0 Å². The number of alkyl halides is 1. The van der Waals surface area contributed by atoms with Gasteiger partial charge in [-0.1, -0.05) is 46.3 Å². The van der Waals surface area contributed by atoms with Crippen LogP contribution >= 0.6 is 27.5 Å². The summed E-state index contributed by atoms with van der Waals surface area (Å²) in [6.45, 7) is 2.79. The molecule has 0 spiro atoms. The van der Waals surface area contributed by atoms with Gasteiger partial charge in [0, 0.05) is 22.5 Å². The molecule has 1 N–H and O–H groups in total. The van der Waals surface area contributed by atoms with Gasteiger partial charge in [0.1, 0.15) is 5.75 Å². The zero-order valence-corrected chi connectivity index (χ0v) is 14.5. The van der Waals surface area contributed by atoms with E-state index in [1.54, 1.807) is 7.11 Å². The van der Waals surface area contributed by atoms with Crippen LogP contribution < -0.4 is 10.1 Å². The van der Waals surface area contributed by atoms with Crippen LogP contribution in [0.2, 0.25) is 0 Å². The van der Waals surface area contributed by atoms with Gasteiger partial charge in [-0.05, 0) is 30.7 Å². The molecule has 1 atom stereocenters. The molecule has 0 saturated carbocycles. The van der Waals surface area contributed by atoms with Crippen molar-refractivity contribution in [3.63, 3.8) is 0 Å². The van der Waals surface area contributed by atoms with Crippen LogP contribution in [0.3, 0.4) is 0 Å². The highest BCUT2D eigenvalue weighted by Crippen LogP contribution is 2.26. The topological polar surface area (TPSA) is 21.3 Å². The summed E-state index contributed by atoms with van der Waals surface area (Å²) in [6.07, 6.45) is 0. The SMILES string of the molecule is COc1ccc(Br)cc1CNC(C)(CCl)c1ccccc1. The van der Waals surface area contributed by atoms with E-state index >= 15 is 0 Å². The highest BCUT2D eigenvalue weighted by atomic mass is 79.9. The van der Waals surface area contributed by atoms with Gasteiger partial charge < -0.3 is 10.1 Å². The fourth-order valence-electron chi connectivity index (χ4n) is 2.21. The molecule has 4 heteroatoms. The van der Waals surface area contributed by atoms with Crippen molar-refractivity contribution in [2.45, 2.75) is 19.0 Å². The van der Waals surface area contributed by atoms with E-state index in [0.717, 1.165) is 15.8 Å². The van der Waals surface area contributed by atoms with Crippen molar-refractivity contribution in [1.82, 2.24) is 5.32 Å². The molecule has 112 valence electrons. The van der Waals surface area contributed by atoms with Crippen molar-refractivity contribution in [3.8, 4) is 5.75 Å². The quantitative estimate of drug-likeness (QED) is 0.746. The van der Waals surface area contributed by atoms with Crippen LogP contribution in [-0.4, -0.2) is 13.0 Å². The standard InChI is InChI=1S/C17H19BrClNO/c1-17(12-19,14-6-4-3-5-7-14)20-11-13-10-15(18)8-9-16(13)21-2/h3-10,20H,11-12H2,1-2H3. The molecule has 1 unspecified atom stereocenters. The first-order valence-corrected chi connectivity index (χ1v) is 8.11. The zero-order valence-electron chi connectivity index (χ0n) is 12.2. The lowest BCUT2D eigenvalue weighted by molar-refractivity contribution is 0.384. The van der Waals surface area contributed by atoms with Gasteiger partial charge in [0.25, 0.3) is 0 Å². The van der Waals surface area contributed by atoms with E-state index in [4.69, 9.17) is 16.3 Å². The summed E-state index contributed by atoms with van der Waals surface area (Å²) < 4.78 is 6.45. The molecule has 2 rings (SSSR count). The van der Waals surface area contributed by atoms with E-state index < -0.39 is 0 Å². The van der Waals surface area contributed by atoms with Crippen molar-refractivity contribution in [3.05, 3.63) is 64.1 Å². The van der Waals surface area contributed by atoms with Crippen molar-refractivity contribution in [2.24, 2.45) is 0 Å². The first-order chi connectivity index (χ1) is 10.1. The summed E-state index contributed by atoms with van der Waals surface area (Å²) in [5.74, 6) is 1.36. The Balaban J connectivity index is 2.19. The highest BCUT2D eigenvalue weighted by Gasteiger charge is 2.25. The third-order valence-corrected chi connectivity index (χ3v) is 4.62. The maximum Gasteiger partial charge on any atom is 0.123 e. The van der Waals surface area contributed by atoms with Gasteiger partial charge in [0.05, 0.1) is 12.6 Å². The third-order valence-electron chi connectivity index (χ3n) is 3.59. The Morgan fingerprint density at radius 3 is 2.52 bits per heavy atom. The predicted molar refractivity (Wildman–Crippen MR) is 92.0 cm³/mol. The van der Waals surface area contributed by atoms with E-state index in [1.165, 1.54) is 5.56 Å². The molecule has 0 radical (unpaired) electrons. The number of ether oxygens (including phenoxy) is 1. The first kappa shape index (κ1) is 16.3. The third kappa shape index (κ3) is 4.00. The second kappa shape index (κ2) is 7.30. The molecule has 0 aliphatic carbocycles. The Hall–Kier alpha value is -1.03. The van der Waals surface area contributed by atoms with E-state index in [0.29, 0.717) is 12.4 Å². The van der Waals surface area contributed by atoms with Gasteiger partial charge in [-0.25, -0.2) is 0 Å². The Bertz CT molecular complexity index is 591. The Morgan fingerprint density at radius 1 is 1.19 bits per heavy atom. The monoisotopic (exact) mass is 367 g/mol. The summed E-state index contributed by atoms with van der Waals surface area (Å²) in [6, 6.07) is 16.2. The maximum atomic E-state index is 6.21. The lowest BCUT2D eigenvalue weighted by atomic mass is 9.93. The molecule has 0 aliphatic rings. The minimum absolute atomic E-state index is 0.282. The number of methoxy groups -OCH3 is 1. The van der Waals surface area contributed by atoms with Gasteiger partial charge in [-0.15, -0.1) is 11.6 Å². The Kier molecular flexibility index (Phi) is 5.68. The van der Waals surface area contributed by atoms with Crippen molar-refractivity contribution in [2.75, 3.05) is 13.0 Å². The summed E-state index contributed by atoms with van der Waals surface area (Å²) in [5, 5.41) is 3.55. The number of rotatable bonds is 6. The fourth-order valence-corrected chi connectivity index (χ4v) is 2.87. The fraction of sp³-hybridized carbons (Fsp3) is 0.294. The number of hydrogen-bond acceptors (Lipinski definition) is 2. The average Bonchev–Trinajstić information content (AvgIpc) is 2.53. The molecular weight excluding hydrogens is 350 g/mol. The van der Waals surface area contributed by atoms with Gasteiger partial charge in [-0.3, -0.25) is 0 Å². The van der Waals surface area contributed by atoms with Gasteiger partial charge in [0.15, 0.2) is 0 Å². The summed E-state index contributed by atoms with van der Waals surface area (Å²) in [4.78, 5) is 0. The molecule has 0 bridgehead atoms. The van der Waals surface area contributed by atoms with Crippen LogP contribution in [0.15, 0.2) is 53.0 Å². The number of hydrogen-bond donors (Lipinski definition) is 1. The van der Waals surface area contributed by atoms with Gasteiger partial charge in [0.2, 0.25) is 0 Å². The van der Waals surface area contributed by atoms with Gasteiger partial charge in [-0.2, -0.15) is 0 Å². The molecule has 0 aliphatic heterocycles. The molecule has 0 fully saturated rings. The smallest absolute Gasteiger partial charge is 0.123 e. The number of halogens is 2. The predicted octanol–water partition coefficient (Wildman–Crippen LogP) is 4.70. The van der Waals surface area contributed by atoms with Crippen LogP contribution in [0.5, 0.6) is 5.75 Å². The molecule has 2 nitrogen and oxygen atoms in total. The lowest BCUT2D eigenvalue weighted by Gasteiger charge is -2.30.